The third-order valence-corrected chi connectivity index (χ3v) is 4.79. The number of nitrogens with zero attached hydrogens (tertiary/aromatic N) is 4. The van der Waals surface area contributed by atoms with Crippen LogP contribution in [0.3, 0.4) is 0 Å². The largest absolute Gasteiger partial charge is 0.364 e. The highest BCUT2D eigenvalue weighted by atomic mass is 32.1. The van der Waals surface area contributed by atoms with Gasteiger partial charge in [-0.05, 0) is 12.5 Å². The normalized spacial score (nSPS) is 14.1. The standard InChI is InChI=1S/C11H13N5OS.C7H15NO/c1-15-3-4-16-7(6-15)8(9(12)17)14-10(16)11-13-2-5-18-11;1-7(2,3)5-6(9)8-4/h2,5H,3-4,6H2,1H3,(H2,12,17);5H2,1-4H3,(H,8,9). The molecule has 148 valence electrons. The van der Waals surface area contributed by atoms with Crippen molar-refractivity contribution >= 4 is 23.2 Å². The maximum absolute atomic E-state index is 11.5. The van der Waals surface area contributed by atoms with Crippen LogP contribution in [0, 0.1) is 5.41 Å². The van der Waals surface area contributed by atoms with E-state index in [1.54, 1.807) is 13.2 Å². The van der Waals surface area contributed by atoms with E-state index < -0.39 is 5.91 Å². The van der Waals surface area contributed by atoms with Gasteiger partial charge in [-0.25, -0.2) is 9.97 Å². The fourth-order valence-electron chi connectivity index (χ4n) is 2.76. The lowest BCUT2D eigenvalue weighted by atomic mass is 9.92. The number of nitrogens with two attached hydrogens (primary N) is 1. The number of carbonyl (C=O) groups excluding carboxylic acids is 2. The van der Waals surface area contributed by atoms with Crippen LogP contribution < -0.4 is 11.1 Å². The number of hydrogen-bond acceptors (Lipinski definition) is 6. The van der Waals surface area contributed by atoms with Crippen LogP contribution in [-0.4, -0.2) is 51.9 Å². The van der Waals surface area contributed by atoms with Gasteiger partial charge in [0.1, 0.15) is 0 Å². The maximum Gasteiger partial charge on any atom is 0.269 e. The van der Waals surface area contributed by atoms with Crippen molar-refractivity contribution in [2.24, 2.45) is 11.1 Å². The van der Waals surface area contributed by atoms with E-state index >= 15 is 0 Å². The van der Waals surface area contributed by atoms with Crippen molar-refractivity contribution < 1.29 is 9.59 Å². The first-order valence-electron chi connectivity index (χ1n) is 8.80. The molecule has 2 aromatic rings. The fourth-order valence-corrected chi connectivity index (χ4v) is 3.39. The molecule has 0 aliphatic carbocycles. The van der Waals surface area contributed by atoms with E-state index in [1.807, 2.05) is 33.2 Å². The first-order chi connectivity index (χ1) is 12.6. The highest BCUT2D eigenvalue weighted by Gasteiger charge is 2.26. The molecule has 3 N–H and O–H groups in total. The van der Waals surface area contributed by atoms with Crippen LogP contribution in [0.5, 0.6) is 0 Å². The summed E-state index contributed by atoms with van der Waals surface area (Å²) in [5.41, 5.74) is 6.77. The Bertz CT molecular complexity index is 792. The predicted molar refractivity (Wildman–Crippen MR) is 106 cm³/mol. The van der Waals surface area contributed by atoms with Crippen LogP contribution >= 0.6 is 11.3 Å². The van der Waals surface area contributed by atoms with E-state index in [4.69, 9.17) is 5.73 Å². The molecule has 0 saturated heterocycles. The van der Waals surface area contributed by atoms with E-state index in [0.717, 1.165) is 29.6 Å². The van der Waals surface area contributed by atoms with E-state index in [0.29, 0.717) is 18.7 Å². The first kappa shape index (κ1) is 21.0. The van der Waals surface area contributed by atoms with Crippen molar-refractivity contribution in [3.8, 4) is 10.8 Å². The highest BCUT2D eigenvalue weighted by Crippen LogP contribution is 2.27. The molecule has 1 aliphatic heterocycles. The third-order valence-electron chi connectivity index (χ3n) is 4.02. The highest BCUT2D eigenvalue weighted by molar-refractivity contribution is 7.13. The Hall–Kier alpha value is -2.26. The minimum atomic E-state index is -0.475. The molecule has 0 bridgehead atoms. The summed E-state index contributed by atoms with van der Waals surface area (Å²) in [5, 5.41) is 5.31. The zero-order valence-corrected chi connectivity index (χ0v) is 17.4. The summed E-state index contributed by atoms with van der Waals surface area (Å²) >= 11 is 1.51. The fraction of sp³-hybridized carbons (Fsp3) is 0.556. The van der Waals surface area contributed by atoms with E-state index in [2.05, 4.69) is 24.8 Å². The second kappa shape index (κ2) is 8.62. The molecule has 8 nitrogen and oxygen atoms in total. The number of amides is 2. The summed E-state index contributed by atoms with van der Waals surface area (Å²) in [6.07, 6.45) is 2.34. The van der Waals surface area contributed by atoms with Gasteiger partial charge in [0.05, 0.1) is 5.69 Å². The lowest BCUT2D eigenvalue weighted by Crippen LogP contribution is -2.31. The molecule has 0 spiro atoms. The van der Waals surface area contributed by atoms with Gasteiger partial charge in [-0.3, -0.25) is 14.5 Å². The van der Waals surface area contributed by atoms with Crippen LogP contribution in [-0.2, 0) is 17.9 Å². The number of fused-ring (bicyclic) bond motifs is 1. The summed E-state index contributed by atoms with van der Waals surface area (Å²) in [6, 6.07) is 0. The molecule has 0 atom stereocenters. The SMILES string of the molecule is CN1CCn2c(-c3nccs3)nc(C(N)=O)c2C1.CNC(=O)CC(C)(C)C. The molecule has 3 heterocycles. The zero-order valence-electron chi connectivity index (χ0n) is 16.6. The quantitative estimate of drug-likeness (QED) is 0.827. The van der Waals surface area contributed by atoms with Crippen LogP contribution in [0.4, 0.5) is 0 Å². The van der Waals surface area contributed by atoms with Gasteiger partial charge in [-0.1, -0.05) is 20.8 Å². The smallest absolute Gasteiger partial charge is 0.269 e. The van der Waals surface area contributed by atoms with Crippen LogP contribution in [0.1, 0.15) is 43.4 Å². The molecular weight excluding hydrogens is 364 g/mol. The van der Waals surface area contributed by atoms with Gasteiger partial charge in [-0.15, -0.1) is 11.3 Å². The predicted octanol–water partition coefficient (Wildman–Crippen LogP) is 1.72. The molecular formula is C18H28N6O2S. The third kappa shape index (κ3) is 5.61. The molecule has 27 heavy (non-hydrogen) atoms. The molecule has 0 unspecified atom stereocenters. The average Bonchev–Trinajstić information content (AvgIpc) is 3.20. The molecule has 0 aromatic carbocycles. The Labute approximate surface area is 163 Å². The van der Waals surface area contributed by atoms with E-state index in [-0.39, 0.29) is 11.3 Å². The minimum absolute atomic E-state index is 0.111. The van der Waals surface area contributed by atoms with Gasteiger partial charge >= 0.3 is 0 Å². The molecule has 3 rings (SSSR count). The monoisotopic (exact) mass is 392 g/mol. The Morgan fingerprint density at radius 1 is 1.33 bits per heavy atom. The molecule has 2 amide bonds. The van der Waals surface area contributed by atoms with Gasteiger partial charge < -0.3 is 15.6 Å². The van der Waals surface area contributed by atoms with Crippen molar-refractivity contribution in [3.63, 3.8) is 0 Å². The number of primary amides is 1. The lowest BCUT2D eigenvalue weighted by molar-refractivity contribution is -0.122. The zero-order chi connectivity index (χ0) is 20.2. The lowest BCUT2D eigenvalue weighted by Gasteiger charge is -2.25. The van der Waals surface area contributed by atoms with Gasteiger partial charge in [0.2, 0.25) is 5.91 Å². The number of rotatable bonds is 3. The number of hydrogen-bond donors (Lipinski definition) is 2. The maximum atomic E-state index is 11.5. The van der Waals surface area contributed by atoms with Crippen LogP contribution in [0.25, 0.3) is 10.8 Å². The van der Waals surface area contributed by atoms with Crippen molar-refractivity contribution in [1.82, 2.24) is 24.8 Å². The molecule has 0 radical (unpaired) electrons. The van der Waals surface area contributed by atoms with Crippen molar-refractivity contribution in [3.05, 3.63) is 23.0 Å². The number of nitrogens with one attached hydrogen (secondary N) is 1. The first-order valence-corrected chi connectivity index (χ1v) is 9.68. The topological polar surface area (TPSA) is 106 Å². The second-order valence-corrected chi connectivity index (χ2v) is 8.63. The second-order valence-electron chi connectivity index (χ2n) is 7.73. The van der Waals surface area contributed by atoms with Crippen LogP contribution in [0.2, 0.25) is 0 Å². The number of thiazole rings is 1. The number of imidazole rings is 1. The molecule has 0 fully saturated rings. The van der Waals surface area contributed by atoms with Crippen molar-refractivity contribution in [1.29, 1.82) is 0 Å². The number of aromatic nitrogens is 3. The summed E-state index contributed by atoms with van der Waals surface area (Å²) < 4.78 is 2.05. The van der Waals surface area contributed by atoms with E-state index in [1.165, 1.54) is 11.3 Å². The van der Waals surface area contributed by atoms with E-state index in [9.17, 15) is 9.59 Å². The van der Waals surface area contributed by atoms with Gasteiger partial charge in [0.25, 0.3) is 5.91 Å². The number of carbonyl (C=O) groups is 2. The Morgan fingerprint density at radius 3 is 2.52 bits per heavy atom. The van der Waals surface area contributed by atoms with Crippen molar-refractivity contribution in [2.45, 2.75) is 40.3 Å². The Balaban J connectivity index is 0.000000249. The Kier molecular flexibility index (Phi) is 6.72. The van der Waals surface area contributed by atoms with Gasteiger partial charge in [-0.2, -0.15) is 0 Å². The van der Waals surface area contributed by atoms with Gasteiger partial charge in [0, 0.05) is 44.7 Å². The Morgan fingerprint density at radius 2 is 2.04 bits per heavy atom. The summed E-state index contributed by atoms with van der Waals surface area (Å²) in [6.45, 7) is 8.56. The van der Waals surface area contributed by atoms with Gasteiger partial charge in [0.15, 0.2) is 16.5 Å². The summed E-state index contributed by atoms with van der Waals surface area (Å²) in [5.74, 6) is 0.390. The van der Waals surface area contributed by atoms with Crippen molar-refractivity contribution in [2.75, 3.05) is 20.6 Å². The summed E-state index contributed by atoms with van der Waals surface area (Å²) in [4.78, 5) is 33.0. The minimum Gasteiger partial charge on any atom is -0.364 e. The molecule has 2 aromatic heterocycles. The average molecular weight is 393 g/mol. The summed E-state index contributed by atoms with van der Waals surface area (Å²) in [7, 11) is 3.68. The molecule has 0 saturated carbocycles. The van der Waals surface area contributed by atoms with Crippen LogP contribution in [0.15, 0.2) is 11.6 Å². The molecule has 1 aliphatic rings. The molecule has 9 heteroatoms. The number of likely N-dealkylation sites (N-methyl/N-ethyl adjacent to an activating group) is 1.